The van der Waals surface area contributed by atoms with E-state index in [1.165, 1.54) is 50.5 Å². The second-order valence-electron chi connectivity index (χ2n) is 6.61. The minimum Gasteiger partial charge on any atom is -0.314 e. The molecule has 1 aliphatic rings. The summed E-state index contributed by atoms with van der Waals surface area (Å²) in [6.07, 6.45) is 10.6. The average Bonchev–Trinajstić information content (AvgIpc) is 2.50. The van der Waals surface area contributed by atoms with Crippen molar-refractivity contribution in [3.05, 3.63) is 35.1 Å². The Kier molecular flexibility index (Phi) is 6.69. The zero-order valence-electron chi connectivity index (χ0n) is 13.6. The molecule has 0 bridgehead atoms. The fraction of sp³-hybridized carbons (Fsp3) is 0.684. The lowest BCUT2D eigenvalue weighted by atomic mass is 9.84. The summed E-state index contributed by atoms with van der Waals surface area (Å²) in [6, 6.07) is 5.65. The molecule has 1 aromatic rings. The molecule has 0 radical (unpaired) electrons. The van der Waals surface area contributed by atoms with Crippen molar-refractivity contribution in [1.29, 1.82) is 0 Å². The summed E-state index contributed by atoms with van der Waals surface area (Å²) in [4.78, 5) is 0. The van der Waals surface area contributed by atoms with Crippen molar-refractivity contribution in [2.45, 2.75) is 71.3 Å². The fourth-order valence-electron chi connectivity index (χ4n) is 3.60. The van der Waals surface area contributed by atoms with Crippen LogP contribution in [0.5, 0.6) is 0 Å². The third kappa shape index (κ3) is 5.43. The molecule has 0 aromatic heterocycles. The van der Waals surface area contributed by atoms with Crippen LogP contribution in [0.3, 0.4) is 0 Å². The summed E-state index contributed by atoms with van der Waals surface area (Å²) in [6.45, 7) is 5.23. The zero-order valence-corrected chi connectivity index (χ0v) is 13.6. The maximum absolute atomic E-state index is 13.4. The highest BCUT2D eigenvalue weighted by Crippen LogP contribution is 2.28. The van der Waals surface area contributed by atoms with Gasteiger partial charge in [0.15, 0.2) is 0 Å². The van der Waals surface area contributed by atoms with Gasteiger partial charge in [-0.25, -0.2) is 4.39 Å². The maximum atomic E-state index is 13.4. The highest BCUT2D eigenvalue weighted by molar-refractivity contribution is 5.27. The summed E-state index contributed by atoms with van der Waals surface area (Å²) in [7, 11) is 0. The van der Waals surface area contributed by atoms with Crippen LogP contribution in [-0.2, 0) is 6.42 Å². The normalized spacial score (nSPS) is 17.9. The van der Waals surface area contributed by atoms with Crippen molar-refractivity contribution in [2.75, 3.05) is 6.54 Å². The number of nitrogens with one attached hydrogen (secondary N) is 1. The molecule has 1 saturated carbocycles. The minimum atomic E-state index is -0.113. The molecule has 2 heteroatoms. The van der Waals surface area contributed by atoms with E-state index in [4.69, 9.17) is 0 Å². The van der Waals surface area contributed by atoms with Crippen LogP contribution in [0, 0.1) is 18.7 Å². The molecular weight excluding hydrogens is 261 g/mol. The van der Waals surface area contributed by atoms with Crippen molar-refractivity contribution < 1.29 is 4.39 Å². The van der Waals surface area contributed by atoms with Crippen LogP contribution in [-0.4, -0.2) is 12.6 Å². The number of hydrogen-bond acceptors (Lipinski definition) is 1. The molecule has 1 atom stereocenters. The van der Waals surface area contributed by atoms with Gasteiger partial charge in [-0.1, -0.05) is 45.1 Å². The van der Waals surface area contributed by atoms with Gasteiger partial charge in [-0.3, -0.25) is 0 Å². The van der Waals surface area contributed by atoms with E-state index < -0.39 is 0 Å². The van der Waals surface area contributed by atoms with E-state index in [1.807, 2.05) is 6.07 Å². The first-order chi connectivity index (χ1) is 10.2. The van der Waals surface area contributed by atoms with Crippen LogP contribution in [0.25, 0.3) is 0 Å². The summed E-state index contributed by atoms with van der Waals surface area (Å²) in [5, 5.41) is 3.59. The van der Waals surface area contributed by atoms with Gasteiger partial charge in [-0.2, -0.15) is 0 Å². The first kappa shape index (κ1) is 16.5. The van der Waals surface area contributed by atoms with Crippen LogP contribution >= 0.6 is 0 Å². The van der Waals surface area contributed by atoms with E-state index in [0.717, 1.165) is 24.4 Å². The Hall–Kier alpha value is -0.890. The Morgan fingerprint density at radius 1 is 1.24 bits per heavy atom. The predicted molar refractivity (Wildman–Crippen MR) is 88.1 cm³/mol. The fourth-order valence-corrected chi connectivity index (χ4v) is 3.60. The van der Waals surface area contributed by atoms with E-state index in [1.54, 1.807) is 12.1 Å². The number of benzene rings is 1. The van der Waals surface area contributed by atoms with E-state index in [2.05, 4.69) is 19.2 Å². The monoisotopic (exact) mass is 291 g/mol. The van der Waals surface area contributed by atoms with Gasteiger partial charge >= 0.3 is 0 Å². The molecule has 0 amide bonds. The number of aryl methyl sites for hydroxylation is 1. The lowest BCUT2D eigenvalue weighted by molar-refractivity contribution is 0.313. The Morgan fingerprint density at radius 3 is 2.71 bits per heavy atom. The van der Waals surface area contributed by atoms with Crippen LogP contribution in [0.1, 0.15) is 63.0 Å². The highest BCUT2D eigenvalue weighted by Gasteiger charge is 2.17. The van der Waals surface area contributed by atoms with Crippen LogP contribution in [0.15, 0.2) is 18.2 Å². The van der Waals surface area contributed by atoms with Gasteiger partial charge in [0.1, 0.15) is 5.82 Å². The second-order valence-corrected chi connectivity index (χ2v) is 6.61. The standard InChI is InChI=1S/C19H30FN/c1-3-21-19(12-10-16-7-5-4-6-8-16)14-17-13-18(20)11-9-15(17)2/h9,11,13,16,19,21H,3-8,10,12,14H2,1-2H3. The van der Waals surface area contributed by atoms with Crippen LogP contribution < -0.4 is 5.32 Å². The van der Waals surface area contributed by atoms with Gasteiger partial charge in [0, 0.05) is 6.04 Å². The molecule has 0 heterocycles. The number of likely N-dealkylation sites (N-methyl/N-ethyl adjacent to an activating group) is 1. The lowest BCUT2D eigenvalue weighted by Crippen LogP contribution is -2.32. The molecule has 1 unspecified atom stereocenters. The zero-order chi connectivity index (χ0) is 15.1. The molecule has 0 saturated heterocycles. The summed E-state index contributed by atoms with van der Waals surface area (Å²) < 4.78 is 13.4. The first-order valence-corrected chi connectivity index (χ1v) is 8.67. The molecule has 1 aliphatic carbocycles. The third-order valence-corrected chi connectivity index (χ3v) is 4.92. The van der Waals surface area contributed by atoms with Gasteiger partial charge in [-0.05, 0) is 61.9 Å². The van der Waals surface area contributed by atoms with E-state index in [9.17, 15) is 4.39 Å². The summed E-state index contributed by atoms with van der Waals surface area (Å²) in [5.41, 5.74) is 2.36. The largest absolute Gasteiger partial charge is 0.314 e. The third-order valence-electron chi connectivity index (χ3n) is 4.92. The molecule has 21 heavy (non-hydrogen) atoms. The van der Waals surface area contributed by atoms with Crippen LogP contribution in [0.2, 0.25) is 0 Å². The molecule has 1 aromatic carbocycles. The molecular formula is C19H30FN. The van der Waals surface area contributed by atoms with Crippen molar-refractivity contribution in [2.24, 2.45) is 5.92 Å². The Balaban J connectivity index is 1.89. The average molecular weight is 291 g/mol. The molecule has 0 spiro atoms. The predicted octanol–water partition coefficient (Wildman–Crippen LogP) is 5.02. The first-order valence-electron chi connectivity index (χ1n) is 8.67. The van der Waals surface area contributed by atoms with E-state index in [0.29, 0.717) is 6.04 Å². The molecule has 118 valence electrons. The molecule has 2 rings (SSSR count). The Morgan fingerprint density at radius 2 is 2.00 bits per heavy atom. The highest BCUT2D eigenvalue weighted by atomic mass is 19.1. The van der Waals surface area contributed by atoms with Gasteiger partial charge in [0.25, 0.3) is 0 Å². The van der Waals surface area contributed by atoms with Crippen LogP contribution in [0.4, 0.5) is 4.39 Å². The van der Waals surface area contributed by atoms with Crippen molar-refractivity contribution >= 4 is 0 Å². The smallest absolute Gasteiger partial charge is 0.123 e. The molecule has 1 nitrogen and oxygen atoms in total. The summed E-state index contributed by atoms with van der Waals surface area (Å²) >= 11 is 0. The second kappa shape index (κ2) is 8.53. The maximum Gasteiger partial charge on any atom is 0.123 e. The van der Waals surface area contributed by atoms with Gasteiger partial charge in [0.05, 0.1) is 0 Å². The van der Waals surface area contributed by atoms with Gasteiger partial charge < -0.3 is 5.32 Å². The Labute approximate surface area is 129 Å². The van der Waals surface area contributed by atoms with E-state index in [-0.39, 0.29) is 5.82 Å². The quantitative estimate of drug-likeness (QED) is 0.744. The van der Waals surface area contributed by atoms with Crippen molar-refractivity contribution in [3.63, 3.8) is 0 Å². The molecule has 1 N–H and O–H groups in total. The Bertz CT molecular complexity index is 424. The van der Waals surface area contributed by atoms with Crippen molar-refractivity contribution in [1.82, 2.24) is 5.32 Å². The number of rotatable bonds is 7. The van der Waals surface area contributed by atoms with Crippen molar-refractivity contribution in [3.8, 4) is 0 Å². The minimum absolute atomic E-state index is 0.113. The number of halogens is 1. The van der Waals surface area contributed by atoms with E-state index >= 15 is 0 Å². The SMILES string of the molecule is CCNC(CCC1CCCCC1)Cc1cc(F)ccc1C. The molecule has 0 aliphatic heterocycles. The summed E-state index contributed by atoms with van der Waals surface area (Å²) in [5.74, 6) is 0.812. The topological polar surface area (TPSA) is 12.0 Å². The van der Waals surface area contributed by atoms with Gasteiger partial charge in [-0.15, -0.1) is 0 Å². The lowest BCUT2D eigenvalue weighted by Gasteiger charge is -2.25. The van der Waals surface area contributed by atoms with Gasteiger partial charge in [0.2, 0.25) is 0 Å². The molecule has 1 fully saturated rings. The number of hydrogen-bond donors (Lipinski definition) is 1.